The van der Waals surface area contributed by atoms with Gasteiger partial charge in [0.25, 0.3) is 0 Å². The Morgan fingerprint density at radius 1 is 1.32 bits per heavy atom. The Hall–Kier alpha value is -2.30. The summed E-state index contributed by atoms with van der Waals surface area (Å²) in [6.07, 6.45) is -0.456. The van der Waals surface area contributed by atoms with Crippen molar-refractivity contribution in [3.8, 4) is 10.6 Å². The lowest BCUT2D eigenvalue weighted by molar-refractivity contribution is -0.139. The van der Waals surface area contributed by atoms with E-state index in [1.54, 1.807) is 12.1 Å². The predicted molar refractivity (Wildman–Crippen MR) is 92.5 cm³/mol. The lowest BCUT2D eigenvalue weighted by atomic mass is 10.2. The van der Waals surface area contributed by atoms with Crippen LogP contribution in [-0.2, 0) is 19.6 Å². The summed E-state index contributed by atoms with van der Waals surface area (Å²) in [5.41, 5.74) is 6.61. The van der Waals surface area contributed by atoms with Crippen LogP contribution in [0.4, 0.5) is 0 Å². The SMILES string of the molecule is Cc1csc(-c2ccc(S(=O)(=O)N[C@H](CCC(N)=O)C(=O)O)cc2)n1. The summed E-state index contributed by atoms with van der Waals surface area (Å²) in [4.78, 5) is 26.2. The van der Waals surface area contributed by atoms with Crippen LogP contribution < -0.4 is 10.5 Å². The smallest absolute Gasteiger partial charge is 0.321 e. The molecule has 0 bridgehead atoms. The molecule has 0 saturated heterocycles. The molecule has 4 N–H and O–H groups in total. The molecule has 1 aromatic carbocycles. The van der Waals surface area contributed by atoms with E-state index >= 15 is 0 Å². The number of hydrogen-bond donors (Lipinski definition) is 3. The molecule has 0 aliphatic rings. The predicted octanol–water partition coefficient (Wildman–Crippen LogP) is 1.12. The molecule has 0 aliphatic carbocycles. The number of benzene rings is 1. The highest BCUT2D eigenvalue weighted by Crippen LogP contribution is 2.24. The van der Waals surface area contributed by atoms with E-state index in [9.17, 15) is 18.0 Å². The number of carboxylic acids is 1. The van der Waals surface area contributed by atoms with E-state index in [2.05, 4.69) is 9.71 Å². The van der Waals surface area contributed by atoms with E-state index < -0.39 is 27.9 Å². The van der Waals surface area contributed by atoms with Gasteiger partial charge in [0.15, 0.2) is 0 Å². The van der Waals surface area contributed by atoms with Crippen molar-refractivity contribution >= 4 is 33.2 Å². The summed E-state index contributed by atoms with van der Waals surface area (Å²) in [5, 5.41) is 11.8. The van der Waals surface area contributed by atoms with Gasteiger partial charge >= 0.3 is 5.97 Å². The second-order valence-corrected chi connectivity index (χ2v) is 7.91. The molecule has 0 saturated carbocycles. The minimum Gasteiger partial charge on any atom is -0.480 e. The monoisotopic (exact) mass is 383 g/mol. The lowest BCUT2D eigenvalue weighted by Crippen LogP contribution is -2.41. The molecule has 0 radical (unpaired) electrons. The third-order valence-corrected chi connectivity index (χ3v) is 5.80. The molecule has 8 nitrogen and oxygen atoms in total. The average molecular weight is 383 g/mol. The quantitative estimate of drug-likeness (QED) is 0.624. The van der Waals surface area contributed by atoms with Crippen LogP contribution >= 0.6 is 11.3 Å². The number of rotatable bonds is 8. The van der Waals surface area contributed by atoms with Gasteiger partial charge in [-0.25, -0.2) is 13.4 Å². The number of primary amides is 1. The van der Waals surface area contributed by atoms with E-state index in [0.717, 1.165) is 16.3 Å². The van der Waals surface area contributed by atoms with Crippen LogP contribution in [0, 0.1) is 6.92 Å². The number of carbonyl (C=O) groups excluding carboxylic acids is 1. The Morgan fingerprint density at radius 3 is 2.44 bits per heavy atom. The maximum atomic E-state index is 12.3. The molecule has 10 heteroatoms. The minimum atomic E-state index is -4.05. The van der Waals surface area contributed by atoms with Crippen LogP contribution in [0.15, 0.2) is 34.5 Å². The van der Waals surface area contributed by atoms with Gasteiger partial charge in [-0.2, -0.15) is 4.72 Å². The topological polar surface area (TPSA) is 139 Å². The highest BCUT2D eigenvalue weighted by molar-refractivity contribution is 7.89. The fraction of sp³-hybridized carbons (Fsp3) is 0.267. The van der Waals surface area contributed by atoms with Crippen molar-refractivity contribution < 1.29 is 23.1 Å². The normalized spacial score (nSPS) is 12.7. The van der Waals surface area contributed by atoms with Crippen LogP contribution in [0.3, 0.4) is 0 Å². The molecule has 2 aromatic rings. The second-order valence-electron chi connectivity index (χ2n) is 5.34. The molecule has 0 spiro atoms. The van der Waals surface area contributed by atoms with Gasteiger partial charge in [-0.3, -0.25) is 9.59 Å². The number of carbonyl (C=O) groups is 2. The van der Waals surface area contributed by atoms with E-state index in [-0.39, 0.29) is 17.7 Å². The van der Waals surface area contributed by atoms with Crippen molar-refractivity contribution in [1.82, 2.24) is 9.71 Å². The van der Waals surface area contributed by atoms with Gasteiger partial charge in [0.1, 0.15) is 11.0 Å². The zero-order valence-electron chi connectivity index (χ0n) is 13.3. The highest BCUT2D eigenvalue weighted by atomic mass is 32.2. The Balaban J connectivity index is 2.17. The molecule has 1 amide bonds. The van der Waals surface area contributed by atoms with E-state index in [4.69, 9.17) is 10.8 Å². The van der Waals surface area contributed by atoms with Gasteiger partial charge < -0.3 is 10.8 Å². The summed E-state index contributed by atoms with van der Waals surface area (Å²) in [6, 6.07) is 4.53. The largest absolute Gasteiger partial charge is 0.480 e. The molecular formula is C15H17N3O5S2. The maximum Gasteiger partial charge on any atom is 0.321 e. The van der Waals surface area contributed by atoms with Crippen LogP contribution in [0.5, 0.6) is 0 Å². The average Bonchev–Trinajstić information content (AvgIpc) is 2.97. The maximum absolute atomic E-state index is 12.3. The molecule has 2 rings (SSSR count). The summed E-state index contributed by atoms with van der Waals surface area (Å²) in [5.74, 6) is -2.08. The number of carboxylic acid groups (broad SMARTS) is 1. The van der Waals surface area contributed by atoms with Crippen LogP contribution in [0.25, 0.3) is 10.6 Å². The number of thiazole rings is 1. The number of nitrogens with two attached hydrogens (primary N) is 1. The molecule has 1 atom stereocenters. The molecule has 1 aromatic heterocycles. The van der Waals surface area contributed by atoms with Gasteiger partial charge in [-0.05, 0) is 25.5 Å². The minimum absolute atomic E-state index is 0.0742. The number of nitrogens with zero attached hydrogens (tertiary/aromatic N) is 1. The first-order chi connectivity index (χ1) is 11.7. The molecule has 0 fully saturated rings. The summed E-state index contributed by atoms with van der Waals surface area (Å²) in [7, 11) is -4.05. The molecule has 0 aliphatic heterocycles. The summed E-state index contributed by atoms with van der Waals surface area (Å²) >= 11 is 1.44. The third kappa shape index (κ3) is 5.08. The van der Waals surface area contributed by atoms with Crippen LogP contribution in [0.2, 0.25) is 0 Å². The third-order valence-electron chi connectivity index (χ3n) is 3.31. The van der Waals surface area contributed by atoms with E-state index in [0.29, 0.717) is 0 Å². The number of hydrogen-bond acceptors (Lipinski definition) is 6. The zero-order chi connectivity index (χ0) is 18.6. The van der Waals surface area contributed by atoms with Crippen molar-refractivity contribution in [3.63, 3.8) is 0 Å². The second kappa shape index (κ2) is 7.72. The highest BCUT2D eigenvalue weighted by Gasteiger charge is 2.25. The van der Waals surface area contributed by atoms with Crippen molar-refractivity contribution in [3.05, 3.63) is 35.3 Å². The van der Waals surface area contributed by atoms with Crippen molar-refractivity contribution in [2.45, 2.75) is 30.7 Å². The molecular weight excluding hydrogens is 366 g/mol. The van der Waals surface area contributed by atoms with E-state index in [1.807, 2.05) is 12.3 Å². The molecule has 134 valence electrons. The van der Waals surface area contributed by atoms with Crippen LogP contribution in [0.1, 0.15) is 18.5 Å². The standard InChI is InChI=1S/C15H17N3O5S2/c1-9-8-24-14(17-9)10-2-4-11(5-3-10)25(22,23)18-12(15(20)21)6-7-13(16)19/h2-5,8,12,18H,6-7H2,1H3,(H2,16,19)(H,20,21)/t12-/m1/s1. The number of aliphatic carboxylic acids is 1. The lowest BCUT2D eigenvalue weighted by Gasteiger charge is -2.14. The van der Waals surface area contributed by atoms with E-state index in [1.165, 1.54) is 23.5 Å². The number of aryl methyl sites for hydroxylation is 1. The van der Waals surface area contributed by atoms with Crippen molar-refractivity contribution in [1.29, 1.82) is 0 Å². The Morgan fingerprint density at radius 2 is 1.96 bits per heavy atom. The van der Waals surface area contributed by atoms with Gasteiger partial charge in [0.05, 0.1) is 4.90 Å². The Labute approximate surface area is 148 Å². The summed E-state index contributed by atoms with van der Waals surface area (Å²) < 4.78 is 26.8. The number of nitrogens with one attached hydrogen (secondary N) is 1. The van der Waals surface area contributed by atoms with Crippen molar-refractivity contribution in [2.24, 2.45) is 5.73 Å². The number of sulfonamides is 1. The van der Waals surface area contributed by atoms with Gasteiger partial charge in [0, 0.05) is 23.1 Å². The summed E-state index contributed by atoms with van der Waals surface area (Å²) in [6.45, 7) is 1.86. The molecule has 1 heterocycles. The fourth-order valence-corrected chi connectivity index (χ4v) is 4.07. The first-order valence-corrected chi connectivity index (χ1v) is 9.61. The molecule has 25 heavy (non-hydrogen) atoms. The number of aromatic nitrogens is 1. The Bertz CT molecular complexity index is 875. The van der Waals surface area contributed by atoms with Gasteiger partial charge in [-0.15, -0.1) is 11.3 Å². The molecule has 0 unspecified atom stereocenters. The van der Waals surface area contributed by atoms with Gasteiger partial charge in [0.2, 0.25) is 15.9 Å². The van der Waals surface area contributed by atoms with Crippen LogP contribution in [-0.4, -0.2) is 36.4 Å². The Kier molecular flexibility index (Phi) is 5.88. The first kappa shape index (κ1) is 19.0. The number of amides is 1. The fourth-order valence-electron chi connectivity index (χ4n) is 2.04. The van der Waals surface area contributed by atoms with Gasteiger partial charge in [-0.1, -0.05) is 12.1 Å². The van der Waals surface area contributed by atoms with Crippen molar-refractivity contribution in [2.75, 3.05) is 0 Å². The zero-order valence-corrected chi connectivity index (χ0v) is 14.9. The first-order valence-electron chi connectivity index (χ1n) is 7.25.